The number of anilines is 1. The number of aryl methyl sites for hydroxylation is 1. The summed E-state index contributed by atoms with van der Waals surface area (Å²) in [5.74, 6) is -0.523. The monoisotopic (exact) mass is 461 g/mol. The molecule has 0 spiro atoms. The smallest absolute Gasteiger partial charge is 0.279 e. The second-order valence-corrected chi connectivity index (χ2v) is 7.80. The maximum Gasteiger partial charge on any atom is 0.279 e. The normalized spacial score (nSPS) is 10.6. The molecule has 0 aliphatic rings. The van der Waals surface area contributed by atoms with Crippen LogP contribution in [0.4, 0.5) is 5.69 Å². The minimum absolute atomic E-state index is 0.265. The van der Waals surface area contributed by atoms with Crippen LogP contribution in [0.3, 0.4) is 0 Å². The Kier molecular flexibility index (Phi) is 6.42. The third-order valence-corrected chi connectivity index (χ3v) is 5.06. The number of hydrogen-bond acceptors (Lipinski definition) is 5. The zero-order valence-corrected chi connectivity index (χ0v) is 18.4. The summed E-state index contributed by atoms with van der Waals surface area (Å²) in [7, 11) is 0. The van der Waals surface area contributed by atoms with Gasteiger partial charge in [-0.25, -0.2) is 0 Å². The van der Waals surface area contributed by atoms with Crippen molar-refractivity contribution in [3.8, 4) is 17.2 Å². The quantitative estimate of drug-likeness (QED) is 0.433. The summed E-state index contributed by atoms with van der Waals surface area (Å²) in [6, 6.07) is 22.2. The topological polar surface area (TPSA) is 93.5 Å². The van der Waals surface area contributed by atoms with E-state index in [1.165, 1.54) is 0 Å². The molecule has 8 heteroatoms. The van der Waals surface area contributed by atoms with Gasteiger partial charge in [-0.3, -0.25) is 9.59 Å². The molecular weight excluding hydrogens is 442 g/mol. The average molecular weight is 462 g/mol. The van der Waals surface area contributed by atoms with Crippen molar-refractivity contribution in [1.82, 2.24) is 9.78 Å². The van der Waals surface area contributed by atoms with Crippen molar-refractivity contribution in [2.75, 3.05) is 5.32 Å². The number of ether oxygens (including phenoxy) is 1. The Balaban J connectivity index is 1.47. The highest BCUT2D eigenvalue weighted by Gasteiger charge is 2.17. The molecule has 0 atom stereocenters. The van der Waals surface area contributed by atoms with Crippen LogP contribution < -0.4 is 15.6 Å². The van der Waals surface area contributed by atoms with E-state index in [4.69, 9.17) is 16.3 Å². The summed E-state index contributed by atoms with van der Waals surface area (Å²) in [5.41, 5.74) is 2.07. The summed E-state index contributed by atoms with van der Waals surface area (Å²) in [5, 5.41) is 17.5. The molecule has 1 amide bonds. The Morgan fingerprint density at radius 2 is 1.79 bits per heavy atom. The zero-order valence-electron chi connectivity index (χ0n) is 17.7. The van der Waals surface area contributed by atoms with Crippen molar-refractivity contribution in [3.63, 3.8) is 0 Å². The van der Waals surface area contributed by atoms with Gasteiger partial charge in [0, 0.05) is 16.8 Å². The first-order valence-electron chi connectivity index (χ1n) is 10.1. The van der Waals surface area contributed by atoms with E-state index in [-0.39, 0.29) is 5.69 Å². The molecule has 0 saturated heterocycles. The number of amides is 1. The van der Waals surface area contributed by atoms with Crippen molar-refractivity contribution in [1.29, 1.82) is 0 Å². The van der Waals surface area contributed by atoms with Crippen molar-refractivity contribution in [2.24, 2.45) is 0 Å². The van der Waals surface area contributed by atoms with Gasteiger partial charge in [0.05, 0.1) is 5.69 Å². The molecule has 166 valence electrons. The number of aromatic hydroxyl groups is 1. The minimum atomic E-state index is -0.649. The molecule has 0 radical (unpaired) electrons. The molecule has 2 N–H and O–H groups in total. The highest BCUT2D eigenvalue weighted by molar-refractivity contribution is 6.30. The number of carbonyl (C=O) groups is 1. The Morgan fingerprint density at radius 1 is 1.06 bits per heavy atom. The van der Waals surface area contributed by atoms with E-state index in [1.54, 1.807) is 54.6 Å². The van der Waals surface area contributed by atoms with Crippen LogP contribution in [0.5, 0.6) is 11.5 Å². The molecule has 7 nitrogen and oxygen atoms in total. The number of aromatic nitrogens is 2. The van der Waals surface area contributed by atoms with Gasteiger partial charge in [-0.2, -0.15) is 9.78 Å². The van der Waals surface area contributed by atoms with Gasteiger partial charge in [0.15, 0.2) is 11.4 Å². The lowest BCUT2D eigenvalue weighted by molar-refractivity contribution is 0.101. The van der Waals surface area contributed by atoms with Crippen LogP contribution in [-0.2, 0) is 6.61 Å². The predicted molar refractivity (Wildman–Crippen MR) is 126 cm³/mol. The largest absolute Gasteiger partial charge is 0.505 e. The van der Waals surface area contributed by atoms with Crippen LogP contribution >= 0.6 is 11.6 Å². The molecule has 0 unspecified atom stereocenters. The average Bonchev–Trinajstić information content (AvgIpc) is 2.79. The highest BCUT2D eigenvalue weighted by Crippen LogP contribution is 2.20. The predicted octanol–water partition coefficient (Wildman–Crippen LogP) is 4.73. The SMILES string of the molecule is Cc1cccc(-n2nc(C(=O)Nc3ccc(OCc4ccc(Cl)cc4)cc3)c(O)cc2=O)c1. The second-order valence-electron chi connectivity index (χ2n) is 7.36. The standard InChI is InChI=1S/C25H20ClN3O4/c1-16-3-2-4-20(13-16)29-23(31)14-22(30)24(28-29)25(32)27-19-9-11-21(12-10-19)33-15-17-5-7-18(26)8-6-17/h2-14,30H,15H2,1H3,(H,27,32). The van der Waals surface area contributed by atoms with Crippen LogP contribution in [0.25, 0.3) is 5.69 Å². The highest BCUT2D eigenvalue weighted by atomic mass is 35.5. The van der Waals surface area contributed by atoms with Crippen LogP contribution in [0.2, 0.25) is 5.02 Å². The molecule has 1 heterocycles. The van der Waals surface area contributed by atoms with Crippen LogP contribution in [0.15, 0.2) is 83.7 Å². The fourth-order valence-corrected chi connectivity index (χ4v) is 3.25. The first kappa shape index (κ1) is 22.1. The molecule has 1 aromatic heterocycles. The van der Waals surface area contributed by atoms with Gasteiger partial charge < -0.3 is 15.2 Å². The van der Waals surface area contributed by atoms with Gasteiger partial charge in [0.1, 0.15) is 12.4 Å². The van der Waals surface area contributed by atoms with E-state index in [2.05, 4.69) is 10.4 Å². The molecular formula is C25H20ClN3O4. The summed E-state index contributed by atoms with van der Waals surface area (Å²) < 4.78 is 6.82. The second kappa shape index (κ2) is 9.58. The number of hydrogen-bond donors (Lipinski definition) is 2. The molecule has 33 heavy (non-hydrogen) atoms. The fraction of sp³-hybridized carbons (Fsp3) is 0.0800. The summed E-state index contributed by atoms with van der Waals surface area (Å²) in [6.45, 7) is 2.26. The molecule has 4 rings (SSSR count). The number of nitrogens with one attached hydrogen (secondary N) is 1. The van der Waals surface area contributed by atoms with E-state index in [9.17, 15) is 14.7 Å². The number of nitrogens with zero attached hydrogens (tertiary/aromatic N) is 2. The van der Waals surface area contributed by atoms with Gasteiger partial charge >= 0.3 is 0 Å². The Hall–Kier alpha value is -4.10. The fourth-order valence-electron chi connectivity index (χ4n) is 3.13. The van der Waals surface area contributed by atoms with Gasteiger partial charge in [-0.1, -0.05) is 35.9 Å². The number of benzene rings is 3. The molecule has 0 fully saturated rings. The third-order valence-electron chi connectivity index (χ3n) is 4.80. The van der Waals surface area contributed by atoms with Crippen LogP contribution in [0, 0.1) is 6.92 Å². The van der Waals surface area contributed by atoms with E-state index in [1.807, 2.05) is 25.1 Å². The Morgan fingerprint density at radius 3 is 2.48 bits per heavy atom. The maximum atomic E-state index is 12.7. The lowest BCUT2D eigenvalue weighted by atomic mass is 10.2. The number of rotatable bonds is 6. The molecule has 4 aromatic rings. The van der Waals surface area contributed by atoms with Crippen LogP contribution in [0.1, 0.15) is 21.6 Å². The summed E-state index contributed by atoms with van der Waals surface area (Å²) in [6.07, 6.45) is 0. The van der Waals surface area contributed by atoms with E-state index in [0.29, 0.717) is 28.8 Å². The lowest BCUT2D eigenvalue weighted by Gasteiger charge is -2.11. The molecule has 0 aliphatic carbocycles. The number of halogens is 1. The zero-order chi connectivity index (χ0) is 23.4. The van der Waals surface area contributed by atoms with Gasteiger partial charge in [0.2, 0.25) is 0 Å². The summed E-state index contributed by atoms with van der Waals surface area (Å²) >= 11 is 5.88. The van der Waals surface area contributed by atoms with Gasteiger partial charge in [0.25, 0.3) is 11.5 Å². The Bertz CT molecular complexity index is 1350. The van der Waals surface area contributed by atoms with E-state index < -0.39 is 17.2 Å². The summed E-state index contributed by atoms with van der Waals surface area (Å²) in [4.78, 5) is 25.0. The van der Waals surface area contributed by atoms with Crippen molar-refractivity contribution < 1.29 is 14.6 Å². The number of carbonyl (C=O) groups excluding carboxylic acids is 1. The van der Waals surface area contributed by atoms with Crippen LogP contribution in [-0.4, -0.2) is 20.8 Å². The molecule has 0 aliphatic heterocycles. The lowest BCUT2D eigenvalue weighted by Crippen LogP contribution is -2.25. The minimum Gasteiger partial charge on any atom is -0.505 e. The van der Waals surface area contributed by atoms with E-state index in [0.717, 1.165) is 21.9 Å². The molecule has 3 aromatic carbocycles. The third kappa shape index (κ3) is 5.39. The first-order valence-corrected chi connectivity index (χ1v) is 10.5. The van der Waals surface area contributed by atoms with Gasteiger partial charge in [-0.15, -0.1) is 0 Å². The van der Waals surface area contributed by atoms with Crippen molar-refractivity contribution in [3.05, 3.63) is 111 Å². The van der Waals surface area contributed by atoms with Crippen molar-refractivity contribution >= 4 is 23.2 Å². The Labute approximate surface area is 194 Å². The molecule has 0 saturated carbocycles. The van der Waals surface area contributed by atoms with Crippen molar-refractivity contribution in [2.45, 2.75) is 13.5 Å². The van der Waals surface area contributed by atoms with Gasteiger partial charge in [-0.05, 0) is 66.6 Å². The first-order chi connectivity index (χ1) is 15.9. The maximum absolute atomic E-state index is 12.7. The van der Waals surface area contributed by atoms with E-state index >= 15 is 0 Å². The molecule has 0 bridgehead atoms.